The third-order valence-electron chi connectivity index (χ3n) is 19.0. The molecule has 0 aliphatic heterocycles. The topological polar surface area (TPSA) is 0 Å². The first-order chi connectivity index (χ1) is 39.7. The summed E-state index contributed by atoms with van der Waals surface area (Å²) in [5.74, 6) is 3.20. The molecule has 8 aromatic rings. The second-order valence-electron chi connectivity index (χ2n) is 24.2. The normalized spacial score (nSPS) is 14.2. The molecule has 0 heteroatoms. The quantitative estimate of drug-likeness (QED) is 0.0406. The van der Waals surface area contributed by atoms with Crippen molar-refractivity contribution >= 4 is 0 Å². The zero-order valence-corrected chi connectivity index (χ0v) is 51.5. The zero-order valence-electron chi connectivity index (χ0n) is 51.5. The molecule has 8 rings (SSSR count). The van der Waals surface area contributed by atoms with Crippen molar-refractivity contribution in [3.05, 3.63) is 283 Å². The molecule has 0 fully saturated rings. The van der Waals surface area contributed by atoms with Crippen molar-refractivity contribution in [3.8, 4) is 0 Å². The number of hydrogen-bond acceptors (Lipinski definition) is 0. The molecule has 7 unspecified atom stereocenters. The first-order valence-corrected chi connectivity index (χ1v) is 32.4. The monoisotopic (exact) mass is 1070 g/mol. The molecule has 8 aromatic carbocycles. The molecule has 0 aliphatic rings. The Kier molecular flexibility index (Phi) is 23.5. The van der Waals surface area contributed by atoms with Crippen LogP contribution in [-0.2, 0) is 57.8 Å². The Morgan fingerprint density at radius 1 is 0.198 bits per heavy atom. The van der Waals surface area contributed by atoms with E-state index >= 15 is 0 Å². The highest BCUT2D eigenvalue weighted by Crippen LogP contribution is 2.42. The number of hydrogen-bond donors (Lipinski definition) is 0. The summed E-state index contributed by atoms with van der Waals surface area (Å²) in [5.41, 5.74) is 23.2. The molecule has 0 saturated heterocycles. The van der Waals surface area contributed by atoms with Crippen LogP contribution in [0.5, 0.6) is 0 Å². The fourth-order valence-electron chi connectivity index (χ4n) is 13.3. The van der Waals surface area contributed by atoms with Crippen LogP contribution < -0.4 is 0 Å². The van der Waals surface area contributed by atoms with E-state index in [2.05, 4.69) is 256 Å². The Labute approximate surface area is 493 Å². The van der Waals surface area contributed by atoms with Crippen LogP contribution >= 0.6 is 0 Å². The SMILES string of the molecule is CCCc1ccc(CC(CC(CC(CC)c2ccc(CC)cc2)c2ccc(CC(CC)c3ccc(CC)cc3)cc2)c2ccc(CC(CC(CC)c3ccc(CC)cc3)c3ccc(CC(CC)c4ccc(CC)cc4)cc3)cc2)cc1. The van der Waals surface area contributed by atoms with Crippen molar-refractivity contribution in [1.82, 2.24) is 0 Å². The van der Waals surface area contributed by atoms with Gasteiger partial charge in [-0.1, -0.05) is 263 Å². The predicted molar refractivity (Wildman–Crippen MR) is 352 cm³/mol. The molecule has 0 heterocycles. The summed E-state index contributed by atoms with van der Waals surface area (Å²) in [6.45, 7) is 20.8. The average Bonchev–Trinajstić information content (AvgIpc) is 3.57. The van der Waals surface area contributed by atoms with E-state index in [0.29, 0.717) is 41.4 Å². The van der Waals surface area contributed by atoms with Gasteiger partial charge in [0.05, 0.1) is 0 Å². The number of aryl methyl sites for hydroxylation is 5. The molecule has 0 aliphatic carbocycles. The molecule has 0 bridgehead atoms. The summed E-state index contributed by atoms with van der Waals surface area (Å²) < 4.78 is 0. The Bertz CT molecular complexity index is 3010. The molecule has 424 valence electrons. The van der Waals surface area contributed by atoms with Crippen molar-refractivity contribution < 1.29 is 0 Å². The summed E-state index contributed by atoms with van der Waals surface area (Å²) in [5, 5.41) is 0. The Balaban J connectivity index is 1.10. The predicted octanol–water partition coefficient (Wildman–Crippen LogP) is 22.4. The summed E-state index contributed by atoms with van der Waals surface area (Å²) in [7, 11) is 0. The van der Waals surface area contributed by atoms with Crippen molar-refractivity contribution in [3.63, 3.8) is 0 Å². The van der Waals surface area contributed by atoms with Gasteiger partial charge in [0.15, 0.2) is 0 Å². The Hall–Kier alpha value is -6.24. The lowest BCUT2D eigenvalue weighted by Crippen LogP contribution is -2.14. The van der Waals surface area contributed by atoms with Crippen LogP contribution in [-0.4, -0.2) is 0 Å². The lowest BCUT2D eigenvalue weighted by atomic mass is 9.75. The zero-order chi connectivity index (χ0) is 56.9. The lowest BCUT2D eigenvalue weighted by Gasteiger charge is -2.29. The molecule has 81 heavy (non-hydrogen) atoms. The maximum atomic E-state index is 2.53. The van der Waals surface area contributed by atoms with Crippen LogP contribution in [0.15, 0.2) is 194 Å². The molecule has 0 N–H and O–H groups in total. The van der Waals surface area contributed by atoms with E-state index < -0.39 is 0 Å². The van der Waals surface area contributed by atoms with Gasteiger partial charge in [-0.2, -0.15) is 0 Å². The van der Waals surface area contributed by atoms with Crippen molar-refractivity contribution in [2.45, 2.75) is 213 Å². The second kappa shape index (κ2) is 31.3. The van der Waals surface area contributed by atoms with Gasteiger partial charge in [0.25, 0.3) is 0 Å². The molecule has 0 saturated carbocycles. The number of rotatable bonds is 31. The van der Waals surface area contributed by atoms with Gasteiger partial charge in [0.2, 0.25) is 0 Å². The fraction of sp³-hybridized carbons (Fsp3) is 0.407. The molecule has 0 radical (unpaired) electrons. The van der Waals surface area contributed by atoms with Crippen LogP contribution in [0.3, 0.4) is 0 Å². The lowest BCUT2D eigenvalue weighted by molar-refractivity contribution is 0.454. The maximum Gasteiger partial charge on any atom is -0.0116 e. The summed E-state index contributed by atoms with van der Waals surface area (Å²) >= 11 is 0. The maximum absolute atomic E-state index is 2.53. The molecular weight excluding hydrogens is 973 g/mol. The highest BCUT2D eigenvalue weighted by molar-refractivity contribution is 5.37. The van der Waals surface area contributed by atoms with Gasteiger partial charge in [-0.3, -0.25) is 0 Å². The summed E-state index contributed by atoms with van der Waals surface area (Å²) in [6.07, 6.45) is 18.7. The number of benzene rings is 8. The minimum Gasteiger partial charge on any atom is -0.0651 e. The molecular formula is C81H100. The van der Waals surface area contributed by atoms with Crippen LogP contribution in [0.4, 0.5) is 0 Å². The summed E-state index contributed by atoms with van der Waals surface area (Å²) in [4.78, 5) is 0. The van der Waals surface area contributed by atoms with Gasteiger partial charge in [0, 0.05) is 0 Å². The fourth-order valence-corrected chi connectivity index (χ4v) is 13.3. The molecule has 0 aromatic heterocycles. The van der Waals surface area contributed by atoms with Crippen LogP contribution in [0.25, 0.3) is 0 Å². The highest BCUT2D eigenvalue weighted by atomic mass is 14.3. The minimum atomic E-state index is 0.367. The van der Waals surface area contributed by atoms with Crippen LogP contribution in [0.2, 0.25) is 0 Å². The smallest absolute Gasteiger partial charge is 0.0116 e. The van der Waals surface area contributed by atoms with Gasteiger partial charge in [-0.25, -0.2) is 0 Å². The molecule has 7 atom stereocenters. The van der Waals surface area contributed by atoms with Gasteiger partial charge < -0.3 is 0 Å². The van der Waals surface area contributed by atoms with E-state index in [1.807, 2.05) is 0 Å². The van der Waals surface area contributed by atoms with Crippen molar-refractivity contribution in [1.29, 1.82) is 0 Å². The van der Waals surface area contributed by atoms with E-state index in [1.54, 1.807) is 0 Å². The van der Waals surface area contributed by atoms with E-state index in [9.17, 15) is 0 Å². The Morgan fingerprint density at radius 2 is 0.395 bits per heavy atom. The largest absolute Gasteiger partial charge is 0.0651 e. The van der Waals surface area contributed by atoms with E-state index in [-0.39, 0.29) is 0 Å². The second-order valence-corrected chi connectivity index (χ2v) is 24.2. The first kappa shape index (κ1) is 60.8. The van der Waals surface area contributed by atoms with E-state index in [1.165, 1.54) is 95.4 Å². The standard InChI is InChI=1S/C81H100/c1-10-19-63-20-22-64(23-21-63)54-80(58-81(57-71(18-9)75-44-30-62(14-5)31-45-75)78-50-34-66(35-51-78)53-69(16-7)73-40-26-60(12-3)27-41-73)77-48-36-67(37-49-77)55-79(56-70(17-8)74-42-28-61(13-4)29-43-74)76-46-32-65(33-47-76)52-68(15-6)72-38-24-59(11-2)25-39-72/h20-51,68-71,79-81H,10-19,52-58H2,1-9H3. The molecule has 0 amide bonds. The van der Waals surface area contributed by atoms with Crippen LogP contribution in [0.1, 0.15) is 244 Å². The van der Waals surface area contributed by atoms with Gasteiger partial charge in [0.1, 0.15) is 0 Å². The van der Waals surface area contributed by atoms with Crippen molar-refractivity contribution in [2.75, 3.05) is 0 Å². The van der Waals surface area contributed by atoms with Gasteiger partial charge >= 0.3 is 0 Å². The third-order valence-corrected chi connectivity index (χ3v) is 19.0. The molecule has 0 spiro atoms. The highest BCUT2D eigenvalue weighted by Gasteiger charge is 2.26. The van der Waals surface area contributed by atoms with Crippen LogP contribution in [0, 0.1) is 0 Å². The average molecular weight is 1070 g/mol. The third kappa shape index (κ3) is 17.2. The Morgan fingerprint density at radius 3 is 0.667 bits per heavy atom. The summed E-state index contributed by atoms with van der Waals surface area (Å²) in [6, 6.07) is 77.5. The minimum absolute atomic E-state index is 0.367. The van der Waals surface area contributed by atoms with Crippen molar-refractivity contribution in [2.24, 2.45) is 0 Å². The van der Waals surface area contributed by atoms with Gasteiger partial charge in [-0.05, 0) is 233 Å². The molecule has 0 nitrogen and oxygen atoms in total. The van der Waals surface area contributed by atoms with E-state index in [0.717, 1.165) is 103 Å². The first-order valence-electron chi connectivity index (χ1n) is 32.4. The van der Waals surface area contributed by atoms with Gasteiger partial charge in [-0.15, -0.1) is 0 Å². The van der Waals surface area contributed by atoms with E-state index in [4.69, 9.17) is 0 Å².